The lowest BCUT2D eigenvalue weighted by Crippen LogP contribution is -2.55. The standard InChI is InChI=1S/C21H19FN2O4.C2H6/c1-3-28-20(27)21(13-23,24-14(2)25)12-15-4-6-16(7-5-15)19(26)17-8-10-18(22)11-9-17;1-2/h4-11H,3,12H2,1-2H3,(H,24,25);1-2H3. The molecule has 1 amide bonds. The largest absolute Gasteiger partial charge is 0.463 e. The van der Waals surface area contributed by atoms with Crippen LogP contribution in [0.5, 0.6) is 0 Å². The van der Waals surface area contributed by atoms with Crippen LogP contribution in [-0.2, 0) is 20.7 Å². The predicted molar refractivity (Wildman–Crippen MR) is 110 cm³/mol. The van der Waals surface area contributed by atoms with E-state index in [1.165, 1.54) is 31.2 Å². The summed E-state index contributed by atoms with van der Waals surface area (Å²) in [5, 5.41) is 11.9. The summed E-state index contributed by atoms with van der Waals surface area (Å²) in [5.74, 6) is -2.11. The highest BCUT2D eigenvalue weighted by atomic mass is 19.1. The molecule has 2 aromatic carbocycles. The van der Waals surface area contributed by atoms with Crippen molar-refractivity contribution in [1.82, 2.24) is 5.32 Å². The molecule has 2 aromatic rings. The molecule has 1 N–H and O–H groups in total. The number of halogens is 1. The van der Waals surface area contributed by atoms with Crippen molar-refractivity contribution in [2.45, 2.75) is 39.7 Å². The Morgan fingerprint density at radius 1 is 1.03 bits per heavy atom. The highest BCUT2D eigenvalue weighted by Crippen LogP contribution is 2.18. The van der Waals surface area contributed by atoms with Gasteiger partial charge in [-0.1, -0.05) is 38.1 Å². The van der Waals surface area contributed by atoms with Gasteiger partial charge in [-0.25, -0.2) is 9.18 Å². The van der Waals surface area contributed by atoms with Crippen molar-refractivity contribution in [3.05, 3.63) is 71.0 Å². The molecule has 0 aliphatic rings. The maximum Gasteiger partial charge on any atom is 0.347 e. The van der Waals surface area contributed by atoms with Gasteiger partial charge >= 0.3 is 5.97 Å². The molecule has 0 bridgehead atoms. The van der Waals surface area contributed by atoms with Gasteiger partial charge in [0.25, 0.3) is 0 Å². The molecule has 0 heterocycles. The van der Waals surface area contributed by atoms with E-state index in [0.717, 1.165) is 0 Å². The molecule has 0 aliphatic carbocycles. The van der Waals surface area contributed by atoms with Gasteiger partial charge in [0.15, 0.2) is 5.78 Å². The lowest BCUT2D eigenvalue weighted by Gasteiger charge is -2.25. The van der Waals surface area contributed by atoms with Crippen molar-refractivity contribution in [2.24, 2.45) is 0 Å². The van der Waals surface area contributed by atoms with Crippen LogP contribution in [-0.4, -0.2) is 29.8 Å². The molecule has 30 heavy (non-hydrogen) atoms. The monoisotopic (exact) mass is 412 g/mol. The van der Waals surface area contributed by atoms with Crippen LogP contribution < -0.4 is 5.32 Å². The van der Waals surface area contributed by atoms with Crippen molar-refractivity contribution in [3.63, 3.8) is 0 Å². The molecule has 1 unspecified atom stereocenters. The highest BCUT2D eigenvalue weighted by molar-refractivity contribution is 6.09. The number of carbonyl (C=O) groups excluding carboxylic acids is 3. The Morgan fingerprint density at radius 3 is 1.97 bits per heavy atom. The molecule has 1 atom stereocenters. The number of nitrogens with one attached hydrogen (secondary N) is 1. The van der Waals surface area contributed by atoms with Crippen molar-refractivity contribution >= 4 is 17.7 Å². The molecule has 0 fully saturated rings. The van der Waals surface area contributed by atoms with Gasteiger partial charge in [0.1, 0.15) is 11.9 Å². The number of carbonyl (C=O) groups is 3. The summed E-state index contributed by atoms with van der Waals surface area (Å²) >= 11 is 0. The van der Waals surface area contributed by atoms with Crippen LogP contribution in [0.3, 0.4) is 0 Å². The summed E-state index contributed by atoms with van der Waals surface area (Å²) in [5.41, 5.74) is -0.595. The van der Waals surface area contributed by atoms with E-state index in [0.29, 0.717) is 16.7 Å². The summed E-state index contributed by atoms with van der Waals surface area (Å²) in [6.45, 7) is 6.87. The van der Waals surface area contributed by atoms with E-state index >= 15 is 0 Å². The molecule has 158 valence electrons. The van der Waals surface area contributed by atoms with Crippen molar-refractivity contribution in [2.75, 3.05) is 6.61 Å². The Kier molecular flexibility index (Phi) is 9.37. The van der Waals surface area contributed by atoms with E-state index in [1.54, 1.807) is 31.2 Å². The number of ether oxygens (including phenoxy) is 1. The summed E-state index contributed by atoms with van der Waals surface area (Å²) in [6, 6.07) is 13.3. The van der Waals surface area contributed by atoms with Gasteiger partial charge in [0.05, 0.1) is 6.61 Å². The zero-order valence-corrected chi connectivity index (χ0v) is 17.5. The molecule has 7 heteroatoms. The van der Waals surface area contributed by atoms with Crippen LogP contribution >= 0.6 is 0 Å². The van der Waals surface area contributed by atoms with E-state index in [4.69, 9.17) is 4.74 Å². The lowest BCUT2D eigenvalue weighted by molar-refractivity contribution is -0.150. The van der Waals surface area contributed by atoms with Gasteiger partial charge in [-0.15, -0.1) is 0 Å². The van der Waals surface area contributed by atoms with E-state index in [-0.39, 0.29) is 18.8 Å². The Hall–Kier alpha value is -3.53. The summed E-state index contributed by atoms with van der Waals surface area (Å²) in [4.78, 5) is 36.2. The van der Waals surface area contributed by atoms with Crippen molar-refractivity contribution in [3.8, 4) is 6.07 Å². The van der Waals surface area contributed by atoms with Crippen molar-refractivity contribution < 1.29 is 23.5 Å². The first-order valence-electron chi connectivity index (χ1n) is 9.57. The second-order valence-corrected chi connectivity index (χ2v) is 6.13. The summed E-state index contributed by atoms with van der Waals surface area (Å²) in [6.07, 6.45) is -0.118. The zero-order valence-electron chi connectivity index (χ0n) is 17.5. The minimum absolute atomic E-state index is 0.0625. The molecular weight excluding hydrogens is 387 g/mol. The molecule has 6 nitrogen and oxygen atoms in total. The number of nitrogens with zero attached hydrogens (tertiary/aromatic N) is 1. The molecular formula is C23H25FN2O4. The first-order valence-corrected chi connectivity index (χ1v) is 9.57. The fourth-order valence-electron chi connectivity index (χ4n) is 2.68. The van der Waals surface area contributed by atoms with Crippen LogP contribution in [0.1, 0.15) is 49.2 Å². The summed E-state index contributed by atoms with van der Waals surface area (Å²) < 4.78 is 17.9. The highest BCUT2D eigenvalue weighted by Gasteiger charge is 2.41. The summed E-state index contributed by atoms with van der Waals surface area (Å²) in [7, 11) is 0. The van der Waals surface area contributed by atoms with Crippen LogP contribution in [0.2, 0.25) is 0 Å². The van der Waals surface area contributed by atoms with Gasteiger partial charge in [0.2, 0.25) is 11.4 Å². The third-order valence-electron chi connectivity index (χ3n) is 4.00. The molecule has 0 aromatic heterocycles. The van der Waals surface area contributed by atoms with Crippen LogP contribution in [0.15, 0.2) is 48.5 Å². The fraction of sp³-hybridized carbons (Fsp3) is 0.304. The number of rotatable bonds is 7. The van der Waals surface area contributed by atoms with Gasteiger partial charge in [-0.3, -0.25) is 9.59 Å². The van der Waals surface area contributed by atoms with Crippen LogP contribution in [0, 0.1) is 17.1 Å². The first kappa shape index (κ1) is 24.5. The topological polar surface area (TPSA) is 96.3 Å². The molecule has 0 spiro atoms. The lowest BCUT2D eigenvalue weighted by atomic mass is 9.91. The number of esters is 1. The third-order valence-corrected chi connectivity index (χ3v) is 4.00. The third kappa shape index (κ3) is 6.24. The van der Waals surface area contributed by atoms with Gasteiger partial charge in [-0.05, 0) is 36.8 Å². The molecule has 2 rings (SSSR count). The average Bonchev–Trinajstić information content (AvgIpc) is 2.75. The number of hydrogen-bond donors (Lipinski definition) is 1. The van der Waals surface area contributed by atoms with Crippen molar-refractivity contribution in [1.29, 1.82) is 5.26 Å². The molecule has 0 saturated carbocycles. The minimum Gasteiger partial charge on any atom is -0.463 e. The van der Waals surface area contributed by atoms with E-state index < -0.39 is 23.2 Å². The Balaban J connectivity index is 0.00000218. The Bertz CT molecular complexity index is 918. The van der Waals surface area contributed by atoms with E-state index in [1.807, 2.05) is 19.9 Å². The Morgan fingerprint density at radius 2 is 1.53 bits per heavy atom. The van der Waals surface area contributed by atoms with Crippen LogP contribution in [0.25, 0.3) is 0 Å². The normalized spacial score (nSPS) is 11.7. The Labute approximate surface area is 175 Å². The van der Waals surface area contributed by atoms with Gasteiger partial charge in [-0.2, -0.15) is 5.26 Å². The number of hydrogen-bond acceptors (Lipinski definition) is 5. The second-order valence-electron chi connectivity index (χ2n) is 6.13. The SMILES string of the molecule is CC.CCOC(=O)C(C#N)(Cc1ccc(C(=O)c2ccc(F)cc2)cc1)NC(C)=O. The number of ketones is 1. The number of amides is 1. The van der Waals surface area contributed by atoms with E-state index in [9.17, 15) is 24.0 Å². The smallest absolute Gasteiger partial charge is 0.347 e. The van der Waals surface area contributed by atoms with Gasteiger partial charge < -0.3 is 10.1 Å². The van der Waals surface area contributed by atoms with Gasteiger partial charge in [0, 0.05) is 24.5 Å². The average molecular weight is 412 g/mol. The maximum absolute atomic E-state index is 13.0. The number of nitriles is 1. The molecule has 0 saturated heterocycles. The molecule has 0 radical (unpaired) electrons. The zero-order chi connectivity index (χ0) is 22.7. The van der Waals surface area contributed by atoms with Crippen LogP contribution in [0.4, 0.5) is 4.39 Å². The molecule has 0 aliphatic heterocycles. The fourth-order valence-corrected chi connectivity index (χ4v) is 2.68. The predicted octanol–water partition coefficient (Wildman–Crippen LogP) is 3.59. The minimum atomic E-state index is -1.86. The van der Waals surface area contributed by atoms with E-state index in [2.05, 4.69) is 5.32 Å². The second kappa shape index (κ2) is 11.5. The first-order chi connectivity index (χ1) is 14.3. The number of benzene rings is 2. The quantitative estimate of drug-likeness (QED) is 0.554. The maximum atomic E-state index is 13.0.